The van der Waals surface area contributed by atoms with Crippen LogP contribution in [-0.2, 0) is 5.41 Å². The van der Waals surface area contributed by atoms with Crippen molar-refractivity contribution in [2.45, 2.75) is 33.1 Å². The third-order valence-electron chi connectivity index (χ3n) is 2.68. The van der Waals surface area contributed by atoms with Gasteiger partial charge in [-0.3, -0.25) is 4.57 Å². The van der Waals surface area contributed by atoms with Crippen LogP contribution in [0.1, 0.15) is 33.5 Å². The van der Waals surface area contributed by atoms with Gasteiger partial charge >= 0.3 is 0 Å². The quantitative estimate of drug-likeness (QED) is 0.861. The maximum absolute atomic E-state index is 6.16. The number of hydrogen-bond acceptors (Lipinski definition) is 3. The Morgan fingerprint density at radius 1 is 1.26 bits per heavy atom. The van der Waals surface area contributed by atoms with Crippen LogP contribution in [0.2, 0.25) is 5.28 Å². The molecule has 4 nitrogen and oxygen atoms in total. The van der Waals surface area contributed by atoms with Crippen molar-refractivity contribution in [2.24, 2.45) is 0 Å². The predicted octanol–water partition coefficient (Wildman–Crippen LogP) is 3.62. The highest BCUT2D eigenvalue weighted by molar-refractivity contribution is 6.28. The lowest BCUT2D eigenvalue weighted by atomic mass is 9.95. The molecule has 0 N–H and O–H groups in total. The second kappa shape index (κ2) is 5.21. The minimum absolute atomic E-state index is 0.137. The molecular formula is C14H18ClN3O. The standard InChI is InChI=1S/C14H18ClN3O/c1-5-19-11-8-6-7-10(9-11)18-12(14(2,3)4)16-17-13(18)15/h6-9H,5H2,1-4H3. The van der Waals surface area contributed by atoms with Crippen LogP contribution in [0.3, 0.4) is 0 Å². The molecule has 0 aliphatic heterocycles. The zero-order valence-electron chi connectivity index (χ0n) is 11.6. The van der Waals surface area contributed by atoms with Crippen molar-refractivity contribution in [1.82, 2.24) is 14.8 Å². The second-order valence-corrected chi connectivity index (χ2v) is 5.65. The second-order valence-electron chi connectivity index (χ2n) is 5.31. The third-order valence-corrected chi connectivity index (χ3v) is 2.93. The Labute approximate surface area is 118 Å². The van der Waals surface area contributed by atoms with Crippen LogP contribution in [0.4, 0.5) is 0 Å². The minimum atomic E-state index is -0.137. The number of nitrogens with zero attached hydrogens (tertiary/aromatic N) is 3. The number of rotatable bonds is 3. The topological polar surface area (TPSA) is 39.9 Å². The van der Waals surface area contributed by atoms with Gasteiger partial charge in [-0.25, -0.2) is 0 Å². The molecule has 0 fully saturated rings. The van der Waals surface area contributed by atoms with E-state index in [4.69, 9.17) is 16.3 Å². The summed E-state index contributed by atoms with van der Waals surface area (Å²) in [7, 11) is 0. The van der Waals surface area contributed by atoms with Crippen molar-refractivity contribution in [3.05, 3.63) is 35.4 Å². The molecule has 1 heterocycles. The summed E-state index contributed by atoms with van der Waals surface area (Å²) in [6, 6.07) is 7.76. The minimum Gasteiger partial charge on any atom is -0.494 e. The average Bonchev–Trinajstić information content (AvgIpc) is 2.72. The first kappa shape index (κ1) is 13.9. The lowest BCUT2D eigenvalue weighted by molar-refractivity contribution is 0.340. The van der Waals surface area contributed by atoms with Crippen molar-refractivity contribution in [1.29, 1.82) is 0 Å². The third kappa shape index (κ3) is 2.89. The van der Waals surface area contributed by atoms with E-state index in [-0.39, 0.29) is 5.41 Å². The molecule has 0 saturated heterocycles. The first-order valence-corrected chi connectivity index (χ1v) is 6.66. The molecule has 0 spiro atoms. The molecule has 0 unspecified atom stereocenters. The smallest absolute Gasteiger partial charge is 0.229 e. The van der Waals surface area contributed by atoms with E-state index < -0.39 is 0 Å². The van der Waals surface area contributed by atoms with Gasteiger partial charge in [-0.2, -0.15) is 0 Å². The summed E-state index contributed by atoms with van der Waals surface area (Å²) in [5.41, 5.74) is 0.771. The van der Waals surface area contributed by atoms with Crippen molar-refractivity contribution in [3.63, 3.8) is 0 Å². The van der Waals surface area contributed by atoms with Gasteiger partial charge < -0.3 is 4.74 Å². The van der Waals surface area contributed by atoms with Crippen LogP contribution in [-0.4, -0.2) is 21.4 Å². The lowest BCUT2D eigenvalue weighted by Gasteiger charge is -2.19. The maximum Gasteiger partial charge on any atom is 0.229 e. The van der Waals surface area contributed by atoms with E-state index in [1.165, 1.54) is 0 Å². The first-order chi connectivity index (χ1) is 8.93. The fourth-order valence-electron chi connectivity index (χ4n) is 1.86. The first-order valence-electron chi connectivity index (χ1n) is 6.28. The molecular weight excluding hydrogens is 262 g/mol. The molecule has 0 saturated carbocycles. The molecule has 2 aromatic rings. The summed E-state index contributed by atoms with van der Waals surface area (Å²) >= 11 is 6.16. The molecule has 19 heavy (non-hydrogen) atoms. The highest BCUT2D eigenvalue weighted by atomic mass is 35.5. The van der Waals surface area contributed by atoms with E-state index >= 15 is 0 Å². The Kier molecular flexibility index (Phi) is 3.80. The Hall–Kier alpha value is -1.55. The number of halogens is 1. The zero-order chi connectivity index (χ0) is 14.0. The fourth-order valence-corrected chi connectivity index (χ4v) is 2.07. The Balaban J connectivity index is 2.52. The summed E-state index contributed by atoms with van der Waals surface area (Å²) < 4.78 is 7.36. The Morgan fingerprint density at radius 3 is 2.63 bits per heavy atom. The van der Waals surface area contributed by atoms with E-state index in [0.29, 0.717) is 11.9 Å². The number of aromatic nitrogens is 3. The molecule has 0 bridgehead atoms. The molecule has 102 valence electrons. The number of ether oxygens (including phenoxy) is 1. The summed E-state index contributed by atoms with van der Waals surface area (Å²) in [5.74, 6) is 1.63. The van der Waals surface area contributed by atoms with Gasteiger partial charge in [0.05, 0.1) is 12.3 Å². The SMILES string of the molecule is CCOc1cccc(-n2c(Cl)nnc2C(C)(C)C)c1. The highest BCUT2D eigenvalue weighted by Gasteiger charge is 2.24. The van der Waals surface area contributed by atoms with Crippen LogP contribution in [0.15, 0.2) is 24.3 Å². The van der Waals surface area contributed by atoms with Crippen LogP contribution < -0.4 is 4.74 Å². The molecule has 0 amide bonds. The highest BCUT2D eigenvalue weighted by Crippen LogP contribution is 2.28. The van der Waals surface area contributed by atoms with Gasteiger partial charge in [0.15, 0.2) is 0 Å². The average molecular weight is 280 g/mol. The van der Waals surface area contributed by atoms with Crippen LogP contribution in [0, 0.1) is 0 Å². The van der Waals surface area contributed by atoms with E-state index in [0.717, 1.165) is 17.3 Å². The van der Waals surface area contributed by atoms with E-state index in [1.54, 1.807) is 0 Å². The van der Waals surface area contributed by atoms with Crippen molar-refractivity contribution in [3.8, 4) is 11.4 Å². The van der Waals surface area contributed by atoms with Gasteiger partial charge in [-0.15, -0.1) is 10.2 Å². The van der Waals surface area contributed by atoms with Gasteiger partial charge in [-0.05, 0) is 30.7 Å². The molecule has 1 aromatic carbocycles. The maximum atomic E-state index is 6.16. The fraction of sp³-hybridized carbons (Fsp3) is 0.429. The summed E-state index contributed by atoms with van der Waals surface area (Å²) in [6.45, 7) is 8.83. The summed E-state index contributed by atoms with van der Waals surface area (Å²) in [6.07, 6.45) is 0. The molecule has 0 radical (unpaired) electrons. The van der Waals surface area contributed by atoms with Crippen LogP contribution in [0.25, 0.3) is 5.69 Å². The van der Waals surface area contributed by atoms with Crippen molar-refractivity contribution < 1.29 is 4.74 Å². The number of benzene rings is 1. The molecule has 2 rings (SSSR count). The van der Waals surface area contributed by atoms with Crippen molar-refractivity contribution in [2.75, 3.05) is 6.61 Å². The molecule has 5 heteroatoms. The Morgan fingerprint density at radius 2 is 2.00 bits per heavy atom. The van der Waals surface area contributed by atoms with E-state index in [2.05, 4.69) is 31.0 Å². The predicted molar refractivity (Wildman–Crippen MR) is 76.2 cm³/mol. The molecule has 0 aliphatic rings. The normalized spacial score (nSPS) is 11.6. The van der Waals surface area contributed by atoms with E-state index in [9.17, 15) is 0 Å². The van der Waals surface area contributed by atoms with Crippen LogP contribution >= 0.6 is 11.6 Å². The monoisotopic (exact) mass is 279 g/mol. The molecule has 1 aromatic heterocycles. The van der Waals surface area contributed by atoms with Gasteiger partial charge in [-0.1, -0.05) is 26.8 Å². The zero-order valence-corrected chi connectivity index (χ0v) is 12.4. The molecule has 0 atom stereocenters. The van der Waals surface area contributed by atoms with Crippen molar-refractivity contribution >= 4 is 11.6 Å². The molecule has 0 aliphatic carbocycles. The largest absolute Gasteiger partial charge is 0.494 e. The number of hydrogen-bond donors (Lipinski definition) is 0. The van der Waals surface area contributed by atoms with Gasteiger partial charge in [0.25, 0.3) is 0 Å². The van der Waals surface area contributed by atoms with Gasteiger partial charge in [0, 0.05) is 11.5 Å². The summed E-state index contributed by atoms with van der Waals surface area (Å²) in [4.78, 5) is 0. The van der Waals surface area contributed by atoms with Crippen LogP contribution in [0.5, 0.6) is 5.75 Å². The summed E-state index contributed by atoms with van der Waals surface area (Å²) in [5, 5.41) is 8.51. The van der Waals surface area contributed by atoms with Gasteiger partial charge in [0.1, 0.15) is 11.6 Å². The Bertz CT molecular complexity index is 572. The lowest BCUT2D eigenvalue weighted by Crippen LogP contribution is -2.18. The van der Waals surface area contributed by atoms with E-state index in [1.807, 2.05) is 35.8 Å². The van der Waals surface area contributed by atoms with Gasteiger partial charge in [0.2, 0.25) is 5.28 Å².